The number of ether oxygens (including phenoxy) is 2. The summed E-state index contributed by atoms with van der Waals surface area (Å²) in [5.41, 5.74) is 2.01. The van der Waals surface area contributed by atoms with E-state index in [-0.39, 0.29) is 18.9 Å². The van der Waals surface area contributed by atoms with Gasteiger partial charge in [0.2, 0.25) is 6.79 Å². The molecule has 98 valence electrons. The topological polar surface area (TPSA) is 65.8 Å². The Hall–Kier alpha value is -2.42. The average Bonchev–Trinajstić information content (AvgIpc) is 2.95. The number of amides is 2. The fraction of sp³-hybridized carbons (Fsp3) is 0.385. The van der Waals surface area contributed by atoms with Gasteiger partial charge in [-0.3, -0.25) is 0 Å². The second-order valence-electron chi connectivity index (χ2n) is 4.68. The molecule has 0 aromatic heterocycles. The van der Waals surface area contributed by atoms with E-state index in [0.29, 0.717) is 12.3 Å². The number of hydrogen-bond donors (Lipinski definition) is 0. The Labute approximate surface area is 110 Å². The molecule has 1 aromatic carbocycles. The van der Waals surface area contributed by atoms with Gasteiger partial charge in [0.25, 0.3) is 0 Å². The van der Waals surface area contributed by atoms with Crippen LogP contribution in [0.1, 0.15) is 17.2 Å². The summed E-state index contributed by atoms with van der Waals surface area (Å²) < 4.78 is 10.7. The van der Waals surface area contributed by atoms with Crippen molar-refractivity contribution in [1.29, 1.82) is 5.26 Å². The third-order valence-corrected chi connectivity index (χ3v) is 3.60. The Morgan fingerprint density at radius 2 is 2.05 bits per heavy atom. The van der Waals surface area contributed by atoms with Crippen molar-refractivity contribution in [3.8, 4) is 17.7 Å². The van der Waals surface area contributed by atoms with Crippen molar-refractivity contribution >= 4 is 6.03 Å². The Bertz CT molecular complexity index is 594. The van der Waals surface area contributed by atoms with Crippen LogP contribution in [0.5, 0.6) is 11.5 Å². The molecule has 1 fully saturated rings. The number of aryl methyl sites for hydroxylation is 1. The first kappa shape index (κ1) is 11.7. The molecule has 6 nitrogen and oxygen atoms in total. The van der Waals surface area contributed by atoms with Crippen LogP contribution >= 0.6 is 0 Å². The first-order valence-electron chi connectivity index (χ1n) is 5.96. The summed E-state index contributed by atoms with van der Waals surface area (Å²) >= 11 is 0. The second kappa shape index (κ2) is 4.05. The van der Waals surface area contributed by atoms with E-state index in [0.717, 1.165) is 21.8 Å². The molecule has 1 saturated heterocycles. The normalized spacial score (nSPS) is 20.9. The maximum Gasteiger partial charge on any atom is 0.333 e. The molecule has 1 aromatic rings. The average molecular weight is 259 g/mol. The lowest BCUT2D eigenvalue weighted by Gasteiger charge is -2.20. The molecule has 0 bridgehead atoms. The van der Waals surface area contributed by atoms with Crippen molar-refractivity contribution in [3.63, 3.8) is 0 Å². The van der Waals surface area contributed by atoms with Crippen LogP contribution < -0.4 is 9.47 Å². The molecule has 0 spiro atoms. The minimum absolute atomic E-state index is 0.137. The Morgan fingerprint density at radius 1 is 1.37 bits per heavy atom. The van der Waals surface area contributed by atoms with E-state index in [1.165, 1.54) is 0 Å². The first-order valence-corrected chi connectivity index (χ1v) is 5.96. The van der Waals surface area contributed by atoms with E-state index < -0.39 is 0 Å². The van der Waals surface area contributed by atoms with Gasteiger partial charge in [0.15, 0.2) is 17.7 Å². The fourth-order valence-corrected chi connectivity index (χ4v) is 2.51. The van der Waals surface area contributed by atoms with Crippen LogP contribution in [0.3, 0.4) is 0 Å². The summed E-state index contributed by atoms with van der Waals surface area (Å²) in [6, 6.07) is 3.39. The van der Waals surface area contributed by atoms with E-state index in [4.69, 9.17) is 14.7 Å². The lowest BCUT2D eigenvalue weighted by Crippen LogP contribution is -2.26. The quantitative estimate of drug-likeness (QED) is 0.719. The molecule has 19 heavy (non-hydrogen) atoms. The number of hydrogen-bond acceptors (Lipinski definition) is 4. The third kappa shape index (κ3) is 1.66. The van der Waals surface area contributed by atoms with Crippen molar-refractivity contribution in [2.24, 2.45) is 0 Å². The van der Waals surface area contributed by atoms with Crippen molar-refractivity contribution in [3.05, 3.63) is 23.3 Å². The highest BCUT2D eigenvalue weighted by Gasteiger charge is 2.37. The monoisotopic (exact) mass is 259 g/mol. The van der Waals surface area contributed by atoms with Gasteiger partial charge in [-0.1, -0.05) is 0 Å². The molecular formula is C13H13N3O3. The number of carbonyl (C=O) groups excluding carboxylic acids is 1. The lowest BCUT2D eigenvalue weighted by atomic mass is 10.00. The summed E-state index contributed by atoms with van der Waals surface area (Å²) in [6.07, 6.45) is 1.90. The molecule has 1 atom stereocenters. The number of nitriles is 1. The van der Waals surface area contributed by atoms with E-state index in [1.54, 1.807) is 11.9 Å². The number of benzene rings is 1. The van der Waals surface area contributed by atoms with Gasteiger partial charge in [-0.15, -0.1) is 0 Å². The minimum Gasteiger partial charge on any atom is -0.454 e. The Balaban J connectivity index is 2.00. The van der Waals surface area contributed by atoms with Crippen LogP contribution in [-0.4, -0.2) is 36.2 Å². The van der Waals surface area contributed by atoms with Gasteiger partial charge >= 0.3 is 6.03 Å². The van der Waals surface area contributed by atoms with Gasteiger partial charge in [-0.25, -0.2) is 9.69 Å². The van der Waals surface area contributed by atoms with Gasteiger partial charge in [0, 0.05) is 7.05 Å². The molecule has 2 amide bonds. The zero-order valence-electron chi connectivity index (χ0n) is 10.7. The van der Waals surface area contributed by atoms with E-state index >= 15 is 0 Å². The maximum absolute atomic E-state index is 11.8. The standard InChI is InChI=1S/C13H13N3O3/c1-8-3-11-12(19-7-18-11)4-9(8)10-5-16(6-14)13(17)15(10)2/h3-4,10H,5,7H2,1-2H3. The maximum atomic E-state index is 11.8. The van der Waals surface area contributed by atoms with Crippen LogP contribution in [0.25, 0.3) is 0 Å². The highest BCUT2D eigenvalue weighted by Crippen LogP contribution is 2.39. The summed E-state index contributed by atoms with van der Waals surface area (Å²) in [7, 11) is 1.70. The molecule has 0 N–H and O–H groups in total. The number of rotatable bonds is 1. The summed E-state index contributed by atoms with van der Waals surface area (Å²) in [4.78, 5) is 14.6. The zero-order chi connectivity index (χ0) is 13.6. The third-order valence-electron chi connectivity index (χ3n) is 3.60. The predicted molar refractivity (Wildman–Crippen MR) is 65.5 cm³/mol. The van der Waals surface area contributed by atoms with Crippen LogP contribution in [-0.2, 0) is 0 Å². The molecule has 0 saturated carbocycles. The smallest absolute Gasteiger partial charge is 0.333 e. The van der Waals surface area contributed by atoms with Gasteiger partial charge < -0.3 is 14.4 Å². The van der Waals surface area contributed by atoms with Crippen LogP contribution in [0, 0.1) is 18.4 Å². The van der Waals surface area contributed by atoms with Gasteiger partial charge in [-0.05, 0) is 30.2 Å². The Kier molecular flexibility index (Phi) is 2.49. The van der Waals surface area contributed by atoms with E-state index in [9.17, 15) is 4.79 Å². The number of carbonyl (C=O) groups is 1. The molecule has 0 aliphatic carbocycles. The summed E-state index contributed by atoms with van der Waals surface area (Å²) in [6.45, 7) is 2.55. The van der Waals surface area contributed by atoms with Crippen molar-refractivity contribution in [2.75, 3.05) is 20.4 Å². The van der Waals surface area contributed by atoms with Crippen LogP contribution in [0.15, 0.2) is 12.1 Å². The molecule has 3 rings (SSSR count). The van der Waals surface area contributed by atoms with E-state index in [2.05, 4.69) is 0 Å². The number of nitrogens with zero attached hydrogens (tertiary/aromatic N) is 3. The molecule has 2 aliphatic rings. The molecule has 2 aliphatic heterocycles. The van der Waals surface area contributed by atoms with E-state index in [1.807, 2.05) is 25.2 Å². The zero-order valence-corrected chi connectivity index (χ0v) is 10.7. The number of likely N-dealkylation sites (N-methyl/N-ethyl adjacent to an activating group) is 1. The van der Waals surface area contributed by atoms with Gasteiger partial charge in [0.05, 0.1) is 12.6 Å². The Morgan fingerprint density at radius 3 is 2.68 bits per heavy atom. The molecular weight excluding hydrogens is 246 g/mol. The largest absolute Gasteiger partial charge is 0.454 e. The van der Waals surface area contributed by atoms with Gasteiger partial charge in [-0.2, -0.15) is 5.26 Å². The highest BCUT2D eigenvalue weighted by atomic mass is 16.7. The summed E-state index contributed by atoms with van der Waals surface area (Å²) in [5.74, 6) is 1.42. The highest BCUT2D eigenvalue weighted by molar-refractivity contribution is 5.79. The van der Waals surface area contributed by atoms with Crippen LogP contribution in [0.2, 0.25) is 0 Å². The number of urea groups is 1. The molecule has 6 heteroatoms. The SMILES string of the molecule is Cc1cc2c(cc1C1CN(C#N)C(=O)N1C)OCO2. The van der Waals surface area contributed by atoms with Gasteiger partial charge in [0.1, 0.15) is 0 Å². The van der Waals surface area contributed by atoms with Crippen molar-refractivity contribution < 1.29 is 14.3 Å². The fourth-order valence-electron chi connectivity index (χ4n) is 2.51. The lowest BCUT2D eigenvalue weighted by molar-refractivity contribution is 0.174. The predicted octanol–water partition coefficient (Wildman–Crippen LogP) is 1.61. The molecule has 0 radical (unpaired) electrons. The summed E-state index contributed by atoms with van der Waals surface area (Å²) in [5, 5.41) is 8.93. The second-order valence-corrected chi connectivity index (χ2v) is 4.68. The minimum atomic E-state index is -0.274. The molecule has 1 unspecified atom stereocenters. The van der Waals surface area contributed by atoms with Crippen molar-refractivity contribution in [2.45, 2.75) is 13.0 Å². The van der Waals surface area contributed by atoms with Crippen molar-refractivity contribution in [1.82, 2.24) is 9.80 Å². The number of fused-ring (bicyclic) bond motifs is 1. The van der Waals surface area contributed by atoms with Crippen LogP contribution in [0.4, 0.5) is 4.79 Å². The first-order chi connectivity index (χ1) is 9.11. The molecule has 2 heterocycles.